The van der Waals surface area contributed by atoms with Crippen molar-refractivity contribution in [3.05, 3.63) is 23.8 Å². The number of rotatable bonds is 5. The molecule has 34 heavy (non-hydrogen) atoms. The van der Waals surface area contributed by atoms with Crippen LogP contribution in [0.3, 0.4) is 0 Å². The number of methoxy groups -OCH3 is 1. The zero-order valence-electron chi connectivity index (χ0n) is 21.3. The largest absolute Gasteiger partial charge is 0.491 e. The number of carbonyl (C=O) groups is 2. The van der Waals surface area contributed by atoms with Crippen molar-refractivity contribution in [3.8, 4) is 5.75 Å². The van der Waals surface area contributed by atoms with Gasteiger partial charge >= 0.3 is 0 Å². The lowest BCUT2D eigenvalue weighted by atomic mass is 9.96. The summed E-state index contributed by atoms with van der Waals surface area (Å²) in [5.74, 6) is 1.14. The van der Waals surface area contributed by atoms with Gasteiger partial charge < -0.3 is 24.4 Å². The molecule has 190 valence electrons. The highest BCUT2D eigenvalue weighted by atomic mass is 16.5. The predicted octanol–water partition coefficient (Wildman–Crippen LogP) is 3.27. The highest BCUT2D eigenvalue weighted by Crippen LogP contribution is 2.27. The van der Waals surface area contributed by atoms with Gasteiger partial charge in [0.1, 0.15) is 12.4 Å². The third kappa shape index (κ3) is 6.93. The number of ether oxygens (including phenoxy) is 3. The van der Waals surface area contributed by atoms with Crippen LogP contribution in [0, 0.1) is 11.8 Å². The first-order valence-corrected chi connectivity index (χ1v) is 12.5. The third-order valence-corrected chi connectivity index (χ3v) is 7.01. The molecule has 0 spiro atoms. The van der Waals surface area contributed by atoms with Crippen LogP contribution in [0.5, 0.6) is 5.75 Å². The molecule has 2 aliphatic rings. The molecule has 8 nitrogen and oxygen atoms in total. The predicted molar refractivity (Wildman–Crippen MR) is 132 cm³/mol. The van der Waals surface area contributed by atoms with Gasteiger partial charge in [-0.25, -0.2) is 0 Å². The van der Waals surface area contributed by atoms with Gasteiger partial charge in [-0.1, -0.05) is 13.8 Å². The molecule has 1 saturated heterocycles. The van der Waals surface area contributed by atoms with Crippen LogP contribution in [0.2, 0.25) is 0 Å². The van der Waals surface area contributed by atoms with Crippen molar-refractivity contribution in [1.29, 1.82) is 0 Å². The lowest BCUT2D eigenvalue weighted by Crippen LogP contribution is -2.48. The second-order valence-corrected chi connectivity index (χ2v) is 9.72. The Kier molecular flexibility index (Phi) is 9.74. The highest BCUT2D eigenvalue weighted by molar-refractivity contribution is 5.98. The summed E-state index contributed by atoms with van der Waals surface area (Å²) in [5, 5.41) is 2.86. The molecule has 1 aromatic rings. The molecular formula is C26H41N3O5. The molecular weight excluding hydrogens is 434 g/mol. The van der Waals surface area contributed by atoms with Crippen molar-refractivity contribution < 1.29 is 23.8 Å². The van der Waals surface area contributed by atoms with Crippen LogP contribution < -0.4 is 10.1 Å². The number of amides is 2. The summed E-state index contributed by atoms with van der Waals surface area (Å²) < 4.78 is 17.7. The van der Waals surface area contributed by atoms with Crippen LogP contribution in [0.1, 0.15) is 50.4 Å². The first kappa shape index (κ1) is 26.4. The maximum atomic E-state index is 13.3. The molecule has 3 atom stereocenters. The van der Waals surface area contributed by atoms with E-state index in [1.165, 1.54) is 0 Å². The van der Waals surface area contributed by atoms with Crippen molar-refractivity contribution in [2.45, 2.75) is 52.2 Å². The van der Waals surface area contributed by atoms with Crippen molar-refractivity contribution in [2.75, 3.05) is 58.9 Å². The van der Waals surface area contributed by atoms with Crippen LogP contribution in [0.15, 0.2) is 18.2 Å². The molecule has 2 amide bonds. The van der Waals surface area contributed by atoms with Gasteiger partial charge in [0, 0.05) is 71.2 Å². The molecule has 0 saturated carbocycles. The van der Waals surface area contributed by atoms with Crippen LogP contribution in [-0.4, -0.2) is 87.4 Å². The third-order valence-electron chi connectivity index (χ3n) is 7.01. The van der Waals surface area contributed by atoms with E-state index in [2.05, 4.69) is 24.1 Å². The summed E-state index contributed by atoms with van der Waals surface area (Å²) in [6, 6.07) is 5.40. The van der Waals surface area contributed by atoms with Crippen LogP contribution in [0.25, 0.3) is 0 Å². The molecule has 0 bridgehead atoms. The summed E-state index contributed by atoms with van der Waals surface area (Å²) in [4.78, 5) is 29.4. The molecule has 8 heteroatoms. The van der Waals surface area contributed by atoms with Gasteiger partial charge in [0.25, 0.3) is 5.91 Å². The van der Waals surface area contributed by atoms with Gasteiger partial charge in [0.2, 0.25) is 5.91 Å². The van der Waals surface area contributed by atoms with Gasteiger partial charge in [-0.3, -0.25) is 14.5 Å². The van der Waals surface area contributed by atoms with E-state index in [9.17, 15) is 9.59 Å². The summed E-state index contributed by atoms with van der Waals surface area (Å²) >= 11 is 0. The fourth-order valence-corrected chi connectivity index (χ4v) is 4.69. The van der Waals surface area contributed by atoms with E-state index in [-0.39, 0.29) is 29.9 Å². The van der Waals surface area contributed by atoms with Crippen molar-refractivity contribution in [1.82, 2.24) is 9.80 Å². The van der Waals surface area contributed by atoms with E-state index >= 15 is 0 Å². The number of likely N-dealkylation sites (N-methyl/N-ethyl adjacent to an activating group) is 1. The van der Waals surface area contributed by atoms with Gasteiger partial charge in [0.15, 0.2) is 0 Å². The minimum absolute atomic E-state index is 0.0785. The molecule has 1 fully saturated rings. The quantitative estimate of drug-likeness (QED) is 0.704. The lowest BCUT2D eigenvalue weighted by Gasteiger charge is -2.38. The average Bonchev–Trinajstić information content (AvgIpc) is 2.84. The Bertz CT molecular complexity index is 827. The molecule has 3 rings (SSSR count). The molecule has 0 aromatic heterocycles. The summed E-state index contributed by atoms with van der Waals surface area (Å²) in [5.41, 5.74) is 1.12. The van der Waals surface area contributed by atoms with E-state index in [1.54, 1.807) is 44.2 Å². The van der Waals surface area contributed by atoms with E-state index in [4.69, 9.17) is 14.2 Å². The fourth-order valence-electron chi connectivity index (χ4n) is 4.69. The SMILES string of the molecule is CCC(=O)Nc1ccc2c(c1)OC[C@@H](C)N(CC1CCOCC1)C[C@H](C)[C@@H](OC)CN(C)C2=O. The Labute approximate surface area is 203 Å². The molecule has 1 N–H and O–H groups in total. The van der Waals surface area contributed by atoms with Crippen LogP contribution in [-0.2, 0) is 14.3 Å². The van der Waals surface area contributed by atoms with Gasteiger partial charge in [0.05, 0.1) is 11.7 Å². The minimum atomic E-state index is -0.120. The molecule has 0 aliphatic carbocycles. The van der Waals surface area contributed by atoms with Gasteiger partial charge in [-0.2, -0.15) is 0 Å². The van der Waals surface area contributed by atoms with Crippen LogP contribution in [0.4, 0.5) is 5.69 Å². The van der Waals surface area contributed by atoms with Gasteiger partial charge in [-0.05, 0) is 43.7 Å². The van der Waals surface area contributed by atoms with Crippen molar-refractivity contribution in [3.63, 3.8) is 0 Å². The lowest BCUT2D eigenvalue weighted by molar-refractivity contribution is -0.115. The fraction of sp³-hybridized carbons (Fsp3) is 0.692. The number of nitrogens with one attached hydrogen (secondary N) is 1. The minimum Gasteiger partial charge on any atom is -0.491 e. The average molecular weight is 476 g/mol. The van der Waals surface area contributed by atoms with Gasteiger partial charge in [-0.15, -0.1) is 0 Å². The van der Waals surface area contributed by atoms with Crippen molar-refractivity contribution >= 4 is 17.5 Å². The molecule has 2 heterocycles. The Morgan fingerprint density at radius 2 is 1.94 bits per heavy atom. The van der Waals surface area contributed by atoms with E-state index in [0.29, 0.717) is 42.5 Å². The zero-order valence-corrected chi connectivity index (χ0v) is 21.3. The first-order chi connectivity index (χ1) is 16.3. The number of anilines is 1. The second-order valence-electron chi connectivity index (χ2n) is 9.72. The number of nitrogens with zero attached hydrogens (tertiary/aromatic N) is 2. The maximum Gasteiger partial charge on any atom is 0.257 e. The molecule has 0 unspecified atom stereocenters. The Morgan fingerprint density at radius 3 is 2.62 bits per heavy atom. The number of fused-ring (bicyclic) bond motifs is 1. The van der Waals surface area contributed by atoms with E-state index in [0.717, 1.165) is 39.1 Å². The topological polar surface area (TPSA) is 80.3 Å². The Morgan fingerprint density at radius 1 is 1.21 bits per heavy atom. The number of hydrogen-bond acceptors (Lipinski definition) is 6. The van der Waals surface area contributed by atoms with Crippen molar-refractivity contribution in [2.24, 2.45) is 11.8 Å². The Hall–Kier alpha value is -2.16. The Balaban J connectivity index is 1.89. The van der Waals surface area contributed by atoms with E-state index < -0.39 is 0 Å². The second kappa shape index (κ2) is 12.5. The summed E-state index contributed by atoms with van der Waals surface area (Å²) in [6.07, 6.45) is 2.46. The molecule has 1 aromatic carbocycles. The van der Waals surface area contributed by atoms with Crippen LogP contribution >= 0.6 is 0 Å². The molecule has 2 aliphatic heterocycles. The zero-order chi connectivity index (χ0) is 24.7. The highest BCUT2D eigenvalue weighted by Gasteiger charge is 2.30. The van der Waals surface area contributed by atoms with E-state index in [1.807, 2.05) is 0 Å². The smallest absolute Gasteiger partial charge is 0.257 e. The molecule has 0 radical (unpaired) electrons. The number of benzene rings is 1. The summed E-state index contributed by atoms with van der Waals surface area (Å²) in [7, 11) is 3.52. The number of carbonyl (C=O) groups excluding carboxylic acids is 2. The monoisotopic (exact) mass is 475 g/mol. The number of hydrogen-bond donors (Lipinski definition) is 1. The maximum absolute atomic E-state index is 13.3. The summed E-state index contributed by atoms with van der Waals surface area (Å²) in [6.45, 7) is 10.6. The first-order valence-electron chi connectivity index (χ1n) is 12.5. The standard InChI is InChI=1S/C26H41N3O5/c1-6-25(30)27-21-7-8-22-23(13-21)34-17-19(3)29(15-20-9-11-33-12-10-20)14-18(2)24(32-5)16-28(4)26(22)31/h7-8,13,18-20,24H,6,9-12,14-17H2,1-5H3,(H,27,30)/t18-,19+,24-/m0/s1. The normalized spacial score (nSPS) is 25.6.